The van der Waals surface area contributed by atoms with Crippen molar-refractivity contribution >= 4 is 5.78 Å². The molecule has 0 heterocycles. The van der Waals surface area contributed by atoms with Gasteiger partial charge in [-0.15, -0.1) is 0 Å². The Hall–Kier alpha value is -1.36. The highest BCUT2D eigenvalue weighted by Gasteiger charge is 3.20. The second kappa shape index (κ2) is 5.16. The van der Waals surface area contributed by atoms with Crippen molar-refractivity contribution in [3.63, 3.8) is 0 Å². The first-order valence-electron chi connectivity index (χ1n) is 7.54. The molecule has 4 fully saturated rings. The minimum Gasteiger partial charge on any atom is -0.394 e. The summed E-state index contributed by atoms with van der Waals surface area (Å²) in [5.74, 6) is -41.1. The zero-order chi connectivity index (χ0) is 23.8. The molecular weight excluding hydrogens is 467 g/mol. The van der Waals surface area contributed by atoms with Crippen LogP contribution in [-0.2, 0) is 9.53 Å². The third kappa shape index (κ3) is 1.48. The van der Waals surface area contributed by atoms with Gasteiger partial charge in [0.1, 0.15) is 6.10 Å². The number of ketones is 1. The number of halogens is 13. The van der Waals surface area contributed by atoms with Crippen LogP contribution in [0, 0.1) is 0 Å². The highest BCUT2D eigenvalue weighted by molar-refractivity contribution is 6.04. The summed E-state index contributed by atoms with van der Waals surface area (Å²) < 4.78 is 191. The van der Waals surface area contributed by atoms with E-state index in [2.05, 4.69) is 4.74 Å². The van der Waals surface area contributed by atoms with Gasteiger partial charge in [0.25, 0.3) is 5.67 Å². The predicted octanol–water partition coefficient (Wildman–Crippen LogP) is 2.01. The fourth-order valence-corrected chi connectivity index (χ4v) is 4.05. The number of aliphatic hydroxyl groups is 2. The molecule has 6 unspecified atom stereocenters. The Kier molecular flexibility index (Phi) is 4.01. The summed E-state index contributed by atoms with van der Waals surface area (Å²) in [6.07, 6.45) is -2.60. The first kappa shape index (κ1) is 23.3. The van der Waals surface area contributed by atoms with Gasteiger partial charge in [0, 0.05) is 0 Å². The molecular formula is C13H7F13O4. The minimum atomic E-state index is -7.62. The van der Waals surface area contributed by atoms with E-state index < -0.39 is 77.3 Å². The molecule has 0 aliphatic heterocycles. The van der Waals surface area contributed by atoms with Gasteiger partial charge < -0.3 is 14.9 Å². The van der Waals surface area contributed by atoms with E-state index in [9.17, 15) is 57.5 Å². The molecule has 17 heteroatoms. The number of ether oxygens (including phenoxy) is 1. The summed E-state index contributed by atoms with van der Waals surface area (Å²) in [7, 11) is 0. The lowest BCUT2D eigenvalue weighted by atomic mass is 9.41. The lowest BCUT2D eigenvalue weighted by Gasteiger charge is -2.71. The Bertz CT molecular complexity index is 819. The number of hydrogen-bond donors (Lipinski definition) is 2. The number of carbonyl (C=O) groups is 1. The van der Waals surface area contributed by atoms with Gasteiger partial charge in [0.2, 0.25) is 5.78 Å². The molecule has 174 valence electrons. The van der Waals surface area contributed by atoms with E-state index in [1.54, 1.807) is 0 Å². The molecule has 0 spiro atoms. The normalized spacial score (nSPS) is 50.6. The molecule has 4 rings (SSSR count). The Morgan fingerprint density at radius 3 is 1.53 bits per heavy atom. The van der Waals surface area contributed by atoms with Crippen molar-refractivity contribution < 1.29 is 76.8 Å². The summed E-state index contributed by atoms with van der Waals surface area (Å²) in [5, 5.41) is 17.4. The van der Waals surface area contributed by atoms with Crippen LogP contribution in [-0.4, -0.2) is 87.5 Å². The van der Waals surface area contributed by atoms with Gasteiger partial charge in [-0.3, -0.25) is 4.79 Å². The minimum absolute atomic E-state index is 1.59. The standard InChI is InChI=1S/C13H7F13O4/c14-5-4(29)6(15)11(22,23)7(16,9(5,18)19)12(24,25)8(17,10(5,20)21)13(6,26)30-2-3(28)1-27/h3,27-28H,1-2H2. The molecule has 0 aromatic carbocycles. The fraction of sp³-hybridized carbons (Fsp3) is 0.923. The summed E-state index contributed by atoms with van der Waals surface area (Å²) in [5.41, 5.74) is -28.7. The van der Waals surface area contributed by atoms with Gasteiger partial charge in [-0.05, 0) is 0 Å². The maximum atomic E-state index is 15.1. The van der Waals surface area contributed by atoms with Crippen molar-refractivity contribution in [2.45, 2.75) is 58.3 Å². The molecule has 6 atom stereocenters. The number of aliphatic hydroxyl groups excluding tert-OH is 2. The van der Waals surface area contributed by atoms with E-state index in [0.717, 1.165) is 0 Å². The van der Waals surface area contributed by atoms with Crippen LogP contribution in [0.5, 0.6) is 0 Å². The monoisotopic (exact) mass is 474 g/mol. The van der Waals surface area contributed by atoms with Crippen molar-refractivity contribution in [2.24, 2.45) is 0 Å². The van der Waals surface area contributed by atoms with Gasteiger partial charge in [-0.2, -0.15) is 35.1 Å². The summed E-state index contributed by atoms with van der Waals surface area (Å²) in [6.45, 7) is -3.86. The molecule has 0 amide bonds. The van der Waals surface area contributed by atoms with Gasteiger partial charge in [0.05, 0.1) is 13.2 Å². The third-order valence-corrected chi connectivity index (χ3v) is 5.66. The van der Waals surface area contributed by atoms with Crippen molar-refractivity contribution in [3.05, 3.63) is 0 Å². The van der Waals surface area contributed by atoms with Crippen LogP contribution in [0.15, 0.2) is 0 Å². The van der Waals surface area contributed by atoms with Gasteiger partial charge in [-0.1, -0.05) is 0 Å². The zero-order valence-electron chi connectivity index (χ0n) is 13.6. The summed E-state index contributed by atoms with van der Waals surface area (Å²) in [4.78, 5) is 11.7. The lowest BCUT2D eigenvalue weighted by molar-refractivity contribution is -0.556. The molecule has 0 radical (unpaired) electrons. The van der Waals surface area contributed by atoms with Crippen LogP contribution in [0.25, 0.3) is 0 Å². The van der Waals surface area contributed by atoms with E-state index in [0.29, 0.717) is 0 Å². The topological polar surface area (TPSA) is 66.8 Å². The fourth-order valence-electron chi connectivity index (χ4n) is 4.05. The number of rotatable bonds is 4. The molecule has 4 bridgehead atoms. The average Bonchev–Trinajstić information content (AvgIpc) is 2.64. The highest BCUT2D eigenvalue weighted by atomic mass is 19.3. The molecule has 4 aliphatic carbocycles. The van der Waals surface area contributed by atoms with Crippen LogP contribution >= 0.6 is 0 Å². The maximum Gasteiger partial charge on any atom is 0.340 e. The lowest BCUT2D eigenvalue weighted by Crippen LogP contribution is -3.07. The molecule has 0 aromatic rings. The number of carbonyl (C=O) groups excluding carboxylic acids is 1. The van der Waals surface area contributed by atoms with Crippen LogP contribution in [0.4, 0.5) is 57.1 Å². The van der Waals surface area contributed by atoms with Crippen molar-refractivity contribution in [1.29, 1.82) is 0 Å². The van der Waals surface area contributed by atoms with Crippen molar-refractivity contribution in [1.82, 2.24) is 0 Å². The Balaban J connectivity index is 2.51. The van der Waals surface area contributed by atoms with Gasteiger partial charge in [-0.25, -0.2) is 22.0 Å². The van der Waals surface area contributed by atoms with E-state index in [-0.39, 0.29) is 0 Å². The summed E-state index contributed by atoms with van der Waals surface area (Å²) >= 11 is 0. The molecule has 0 saturated heterocycles. The number of hydrogen-bond acceptors (Lipinski definition) is 4. The van der Waals surface area contributed by atoms with E-state index in [1.165, 1.54) is 0 Å². The van der Waals surface area contributed by atoms with E-state index in [4.69, 9.17) is 10.2 Å². The van der Waals surface area contributed by atoms with Gasteiger partial charge >= 0.3 is 46.6 Å². The zero-order valence-corrected chi connectivity index (χ0v) is 13.6. The molecule has 4 saturated carbocycles. The molecule has 4 aliphatic rings. The Morgan fingerprint density at radius 1 is 0.700 bits per heavy atom. The number of Topliss-reactive ketones (excluding diaryl/α,β-unsaturated/α-hetero) is 1. The second-order valence-corrected chi connectivity index (χ2v) is 7.00. The average molecular weight is 474 g/mol. The van der Waals surface area contributed by atoms with Crippen molar-refractivity contribution in [2.75, 3.05) is 13.2 Å². The second-order valence-electron chi connectivity index (χ2n) is 7.00. The Labute approximate surface area is 155 Å². The van der Waals surface area contributed by atoms with Crippen LogP contribution < -0.4 is 0 Å². The third-order valence-electron chi connectivity index (χ3n) is 5.66. The van der Waals surface area contributed by atoms with Crippen LogP contribution in [0.2, 0.25) is 0 Å². The molecule has 2 N–H and O–H groups in total. The van der Waals surface area contributed by atoms with Crippen LogP contribution in [0.1, 0.15) is 0 Å². The first-order valence-corrected chi connectivity index (χ1v) is 7.54. The summed E-state index contributed by atoms with van der Waals surface area (Å²) in [6, 6.07) is 0. The quantitative estimate of drug-likeness (QED) is 0.613. The SMILES string of the molecule is O=C1C2(F)C(F)(F)C3(F)C(F)(F)C1(F)C(F)(OCC(O)CO)C(F)(C2(F)F)C3(F)F. The smallest absolute Gasteiger partial charge is 0.340 e. The van der Waals surface area contributed by atoms with E-state index >= 15 is 4.39 Å². The van der Waals surface area contributed by atoms with Crippen molar-refractivity contribution in [3.8, 4) is 0 Å². The van der Waals surface area contributed by atoms with Crippen LogP contribution in [0.3, 0.4) is 0 Å². The Morgan fingerprint density at radius 2 is 1.10 bits per heavy atom. The number of alkyl halides is 13. The molecule has 0 aromatic heterocycles. The highest BCUT2D eigenvalue weighted by Crippen LogP contribution is 2.84. The maximum absolute atomic E-state index is 15.1. The van der Waals surface area contributed by atoms with E-state index in [1.807, 2.05) is 0 Å². The van der Waals surface area contributed by atoms with Gasteiger partial charge in [0.15, 0.2) is 0 Å². The largest absolute Gasteiger partial charge is 0.394 e. The molecule has 30 heavy (non-hydrogen) atoms. The first-order chi connectivity index (χ1) is 13.1. The predicted molar refractivity (Wildman–Crippen MR) is 63.0 cm³/mol. The molecule has 4 nitrogen and oxygen atoms in total.